The Kier molecular flexibility index (Phi) is 4.03. The third-order valence-corrected chi connectivity index (χ3v) is 4.22. The summed E-state index contributed by atoms with van der Waals surface area (Å²) in [6.45, 7) is 5.91. The lowest BCUT2D eigenvalue weighted by atomic mass is 10.0. The van der Waals surface area contributed by atoms with Gasteiger partial charge < -0.3 is 0 Å². The molecule has 0 aliphatic rings. The third-order valence-electron chi connectivity index (χ3n) is 3.86. The predicted octanol–water partition coefficient (Wildman–Crippen LogP) is 5.50. The van der Waals surface area contributed by atoms with E-state index in [-0.39, 0.29) is 5.92 Å². The SMILES string of the molecule is Cc1nc2cc(-c3ccc(C(F)(F)F)cc3)nn2c(Cl)c1C(C)C. The average Bonchev–Trinajstić information content (AvgIpc) is 2.90. The Labute approximate surface area is 142 Å². The first-order chi connectivity index (χ1) is 11.2. The van der Waals surface area contributed by atoms with Gasteiger partial charge in [0.25, 0.3) is 0 Å². The summed E-state index contributed by atoms with van der Waals surface area (Å²) in [5.41, 5.74) is 2.71. The van der Waals surface area contributed by atoms with Crippen LogP contribution in [0.4, 0.5) is 13.2 Å². The largest absolute Gasteiger partial charge is 0.416 e. The van der Waals surface area contributed by atoms with Gasteiger partial charge in [0.15, 0.2) is 5.65 Å². The van der Waals surface area contributed by atoms with Crippen molar-refractivity contribution in [2.45, 2.75) is 32.9 Å². The molecular formula is C17H15ClF3N3. The molecule has 0 saturated carbocycles. The summed E-state index contributed by atoms with van der Waals surface area (Å²) >= 11 is 6.44. The van der Waals surface area contributed by atoms with Gasteiger partial charge in [-0.3, -0.25) is 0 Å². The van der Waals surface area contributed by atoms with Gasteiger partial charge in [-0.2, -0.15) is 18.3 Å². The van der Waals surface area contributed by atoms with E-state index in [0.29, 0.717) is 22.1 Å². The van der Waals surface area contributed by atoms with E-state index in [1.807, 2.05) is 20.8 Å². The fraction of sp³-hybridized carbons (Fsp3) is 0.294. The molecule has 1 aromatic carbocycles. The molecule has 0 atom stereocenters. The number of hydrogen-bond acceptors (Lipinski definition) is 2. The van der Waals surface area contributed by atoms with E-state index in [1.165, 1.54) is 16.6 Å². The highest BCUT2D eigenvalue weighted by atomic mass is 35.5. The molecule has 24 heavy (non-hydrogen) atoms. The summed E-state index contributed by atoms with van der Waals surface area (Å²) in [6.07, 6.45) is -4.36. The van der Waals surface area contributed by atoms with Gasteiger partial charge >= 0.3 is 6.18 Å². The first kappa shape index (κ1) is 16.8. The summed E-state index contributed by atoms with van der Waals surface area (Å²) in [5, 5.41) is 4.88. The van der Waals surface area contributed by atoms with Crippen LogP contribution in [0.2, 0.25) is 5.15 Å². The van der Waals surface area contributed by atoms with Gasteiger partial charge in [0.1, 0.15) is 5.15 Å². The number of aromatic nitrogens is 3. The number of aryl methyl sites for hydroxylation is 1. The van der Waals surface area contributed by atoms with E-state index in [2.05, 4.69) is 10.1 Å². The van der Waals surface area contributed by atoms with E-state index >= 15 is 0 Å². The normalized spacial score (nSPS) is 12.3. The van der Waals surface area contributed by atoms with Crippen LogP contribution >= 0.6 is 11.6 Å². The molecule has 7 heteroatoms. The monoisotopic (exact) mass is 353 g/mol. The molecule has 0 aliphatic heterocycles. The maximum atomic E-state index is 12.7. The van der Waals surface area contributed by atoms with Crippen molar-refractivity contribution in [1.29, 1.82) is 0 Å². The molecular weight excluding hydrogens is 339 g/mol. The van der Waals surface area contributed by atoms with Crippen LogP contribution in [0.1, 0.15) is 36.6 Å². The van der Waals surface area contributed by atoms with E-state index < -0.39 is 11.7 Å². The van der Waals surface area contributed by atoms with Crippen LogP contribution in [0.15, 0.2) is 30.3 Å². The van der Waals surface area contributed by atoms with Crippen LogP contribution in [0, 0.1) is 6.92 Å². The zero-order valence-corrected chi connectivity index (χ0v) is 14.1. The molecule has 3 nitrogen and oxygen atoms in total. The van der Waals surface area contributed by atoms with Gasteiger partial charge in [-0.1, -0.05) is 37.6 Å². The second-order valence-electron chi connectivity index (χ2n) is 5.93. The van der Waals surface area contributed by atoms with Crippen LogP contribution in [-0.4, -0.2) is 14.6 Å². The Morgan fingerprint density at radius 2 is 1.75 bits per heavy atom. The number of halogens is 4. The molecule has 0 unspecified atom stereocenters. The zero-order valence-electron chi connectivity index (χ0n) is 13.3. The number of alkyl halides is 3. The molecule has 0 bridgehead atoms. The van der Waals surface area contributed by atoms with Gasteiger partial charge in [0, 0.05) is 22.9 Å². The van der Waals surface area contributed by atoms with Crippen molar-refractivity contribution in [1.82, 2.24) is 14.6 Å². The van der Waals surface area contributed by atoms with Crippen molar-refractivity contribution >= 4 is 17.2 Å². The Morgan fingerprint density at radius 1 is 1.12 bits per heavy atom. The minimum Gasteiger partial charge on any atom is -0.233 e. The van der Waals surface area contributed by atoms with Gasteiger partial charge in [-0.15, -0.1) is 0 Å². The molecule has 0 aliphatic carbocycles. The van der Waals surface area contributed by atoms with Gasteiger partial charge in [0.05, 0.1) is 11.3 Å². The van der Waals surface area contributed by atoms with E-state index in [0.717, 1.165) is 23.4 Å². The third kappa shape index (κ3) is 2.86. The fourth-order valence-corrected chi connectivity index (χ4v) is 3.20. The maximum Gasteiger partial charge on any atom is 0.416 e. The molecule has 2 aromatic heterocycles. The maximum absolute atomic E-state index is 12.7. The molecule has 0 spiro atoms. The highest BCUT2D eigenvalue weighted by Gasteiger charge is 2.30. The molecule has 0 N–H and O–H groups in total. The van der Waals surface area contributed by atoms with E-state index in [1.54, 1.807) is 6.07 Å². The number of hydrogen-bond donors (Lipinski definition) is 0. The average molecular weight is 354 g/mol. The van der Waals surface area contributed by atoms with Crippen molar-refractivity contribution in [3.05, 3.63) is 52.3 Å². The van der Waals surface area contributed by atoms with Crippen LogP contribution in [0.5, 0.6) is 0 Å². The minimum absolute atomic E-state index is 0.188. The van der Waals surface area contributed by atoms with Crippen LogP contribution in [0.25, 0.3) is 16.9 Å². The number of fused-ring (bicyclic) bond motifs is 1. The summed E-state index contributed by atoms with van der Waals surface area (Å²) in [7, 11) is 0. The van der Waals surface area contributed by atoms with Crippen LogP contribution < -0.4 is 0 Å². The van der Waals surface area contributed by atoms with Crippen LogP contribution in [0.3, 0.4) is 0 Å². The first-order valence-corrected chi connectivity index (χ1v) is 7.79. The Hall–Kier alpha value is -2.08. The lowest BCUT2D eigenvalue weighted by Gasteiger charge is -2.11. The topological polar surface area (TPSA) is 30.2 Å². The molecule has 0 saturated heterocycles. The summed E-state index contributed by atoms with van der Waals surface area (Å²) < 4.78 is 39.5. The quantitative estimate of drug-likeness (QED) is 0.569. The number of rotatable bonds is 2. The molecule has 3 rings (SSSR count). The van der Waals surface area contributed by atoms with E-state index in [9.17, 15) is 13.2 Å². The molecule has 126 valence electrons. The number of nitrogens with zero attached hydrogens (tertiary/aromatic N) is 3. The second kappa shape index (κ2) is 5.77. The van der Waals surface area contributed by atoms with E-state index in [4.69, 9.17) is 11.6 Å². The summed E-state index contributed by atoms with van der Waals surface area (Å²) in [5.74, 6) is 0.188. The molecule has 0 fully saturated rings. The highest BCUT2D eigenvalue weighted by molar-refractivity contribution is 6.30. The van der Waals surface area contributed by atoms with Gasteiger partial charge in [-0.05, 0) is 25.0 Å². The molecule has 0 amide bonds. The smallest absolute Gasteiger partial charge is 0.233 e. The molecule has 0 radical (unpaired) electrons. The van der Waals surface area contributed by atoms with Crippen molar-refractivity contribution in [2.75, 3.05) is 0 Å². The highest BCUT2D eigenvalue weighted by Crippen LogP contribution is 2.32. The Bertz CT molecular complexity index is 896. The lowest BCUT2D eigenvalue weighted by molar-refractivity contribution is -0.137. The predicted molar refractivity (Wildman–Crippen MR) is 87.3 cm³/mol. The Balaban J connectivity index is 2.10. The standard InChI is InChI=1S/C17H15ClF3N3/c1-9(2)15-10(3)22-14-8-13(23-24(14)16(15)18)11-4-6-12(7-5-11)17(19,20)21/h4-9H,1-3H3. The minimum atomic E-state index is -4.36. The lowest BCUT2D eigenvalue weighted by Crippen LogP contribution is -2.04. The summed E-state index contributed by atoms with van der Waals surface area (Å²) in [6, 6.07) is 6.59. The van der Waals surface area contributed by atoms with Crippen molar-refractivity contribution < 1.29 is 13.2 Å². The van der Waals surface area contributed by atoms with Gasteiger partial charge in [-0.25, -0.2) is 9.50 Å². The first-order valence-electron chi connectivity index (χ1n) is 7.42. The molecule has 3 aromatic rings. The summed E-state index contributed by atoms with van der Waals surface area (Å²) in [4.78, 5) is 4.50. The molecule has 2 heterocycles. The van der Waals surface area contributed by atoms with Gasteiger partial charge in [0.2, 0.25) is 0 Å². The van der Waals surface area contributed by atoms with Crippen molar-refractivity contribution in [3.8, 4) is 11.3 Å². The van der Waals surface area contributed by atoms with Crippen molar-refractivity contribution in [2.24, 2.45) is 0 Å². The Morgan fingerprint density at radius 3 is 2.29 bits per heavy atom. The van der Waals surface area contributed by atoms with Crippen LogP contribution in [-0.2, 0) is 6.18 Å². The fourth-order valence-electron chi connectivity index (χ4n) is 2.72. The zero-order chi connectivity index (χ0) is 17.6. The number of benzene rings is 1. The van der Waals surface area contributed by atoms with Crippen molar-refractivity contribution in [3.63, 3.8) is 0 Å². The second-order valence-corrected chi connectivity index (χ2v) is 6.29.